The molecule has 5 nitrogen and oxygen atoms in total. The zero-order valence-electron chi connectivity index (χ0n) is 16.4. The van der Waals surface area contributed by atoms with Crippen LogP contribution in [0.3, 0.4) is 0 Å². The van der Waals surface area contributed by atoms with E-state index >= 15 is 0 Å². The van der Waals surface area contributed by atoms with Crippen molar-refractivity contribution in [3.63, 3.8) is 0 Å². The number of benzene rings is 3. The van der Waals surface area contributed by atoms with Crippen molar-refractivity contribution in [2.24, 2.45) is 0 Å². The number of carbonyl (C=O) groups is 1. The molecule has 150 valence electrons. The second-order valence-corrected chi connectivity index (χ2v) is 8.73. The molecule has 0 aliphatic heterocycles. The highest BCUT2D eigenvalue weighted by molar-refractivity contribution is 7.89. The Hall–Kier alpha value is -2.96. The molecule has 0 radical (unpaired) electrons. The van der Waals surface area contributed by atoms with Crippen molar-refractivity contribution >= 4 is 21.6 Å². The maximum Gasteiger partial charge on any atom is 0.241 e. The third-order valence-corrected chi connectivity index (χ3v) is 6.04. The molecule has 0 spiro atoms. The SMILES string of the molecule is Cc1ccc(NC(=O)C[C@@H](NS(=O)(=O)c2ccc(C)cc2)c2ccccc2)cc1. The topological polar surface area (TPSA) is 75.3 Å². The monoisotopic (exact) mass is 408 g/mol. The molecule has 1 atom stereocenters. The molecular formula is C23H24N2O3S. The number of rotatable bonds is 7. The average molecular weight is 409 g/mol. The molecule has 0 bridgehead atoms. The minimum atomic E-state index is -3.78. The van der Waals surface area contributed by atoms with Crippen LogP contribution in [-0.2, 0) is 14.8 Å². The van der Waals surface area contributed by atoms with E-state index in [0.717, 1.165) is 16.7 Å². The Bertz CT molecular complexity index is 1060. The Balaban J connectivity index is 1.80. The van der Waals surface area contributed by atoms with E-state index in [4.69, 9.17) is 0 Å². The number of hydrogen-bond acceptors (Lipinski definition) is 3. The van der Waals surface area contributed by atoms with Gasteiger partial charge in [-0.1, -0.05) is 65.7 Å². The molecule has 0 saturated carbocycles. The van der Waals surface area contributed by atoms with Gasteiger partial charge in [-0.25, -0.2) is 13.1 Å². The molecule has 0 aliphatic carbocycles. The van der Waals surface area contributed by atoms with E-state index in [0.29, 0.717) is 5.69 Å². The molecule has 0 fully saturated rings. The van der Waals surface area contributed by atoms with Crippen LogP contribution in [0.15, 0.2) is 83.8 Å². The first-order valence-corrected chi connectivity index (χ1v) is 10.8. The molecule has 6 heteroatoms. The Morgan fingerprint density at radius 3 is 1.97 bits per heavy atom. The Morgan fingerprint density at radius 1 is 0.828 bits per heavy atom. The quantitative estimate of drug-likeness (QED) is 0.610. The summed E-state index contributed by atoms with van der Waals surface area (Å²) in [6.45, 7) is 3.86. The van der Waals surface area contributed by atoms with Crippen LogP contribution in [0.1, 0.15) is 29.2 Å². The van der Waals surface area contributed by atoms with Gasteiger partial charge >= 0.3 is 0 Å². The van der Waals surface area contributed by atoms with E-state index in [1.807, 2.05) is 68.4 Å². The minimum absolute atomic E-state index is 0.0248. The van der Waals surface area contributed by atoms with E-state index in [2.05, 4.69) is 10.0 Å². The van der Waals surface area contributed by atoms with Crippen LogP contribution in [0, 0.1) is 13.8 Å². The van der Waals surface area contributed by atoms with Crippen LogP contribution in [0.5, 0.6) is 0 Å². The van der Waals surface area contributed by atoms with Crippen molar-refractivity contribution in [1.82, 2.24) is 4.72 Å². The molecule has 2 N–H and O–H groups in total. The normalized spacial score (nSPS) is 12.3. The van der Waals surface area contributed by atoms with Crippen LogP contribution in [-0.4, -0.2) is 14.3 Å². The summed E-state index contributed by atoms with van der Waals surface area (Å²) in [6, 6.07) is 22.5. The number of anilines is 1. The molecule has 0 aliphatic rings. The summed E-state index contributed by atoms with van der Waals surface area (Å²) >= 11 is 0. The second kappa shape index (κ2) is 9.03. The molecule has 1 amide bonds. The maximum atomic E-state index is 12.9. The van der Waals surface area contributed by atoms with E-state index in [1.54, 1.807) is 24.3 Å². The number of sulfonamides is 1. The highest BCUT2D eigenvalue weighted by Crippen LogP contribution is 2.22. The van der Waals surface area contributed by atoms with Gasteiger partial charge in [-0.05, 0) is 43.7 Å². The first-order chi connectivity index (χ1) is 13.8. The first-order valence-electron chi connectivity index (χ1n) is 9.34. The highest BCUT2D eigenvalue weighted by atomic mass is 32.2. The van der Waals surface area contributed by atoms with Gasteiger partial charge in [-0.15, -0.1) is 0 Å². The average Bonchev–Trinajstić information content (AvgIpc) is 2.70. The third-order valence-electron chi connectivity index (χ3n) is 4.56. The summed E-state index contributed by atoms with van der Waals surface area (Å²) in [4.78, 5) is 12.8. The van der Waals surface area contributed by atoms with Gasteiger partial charge in [0.25, 0.3) is 0 Å². The standard InChI is InChI=1S/C23H24N2O3S/c1-17-8-12-20(13-9-17)24-23(26)16-22(19-6-4-3-5-7-19)25-29(27,28)21-14-10-18(2)11-15-21/h3-15,22,25H,16H2,1-2H3,(H,24,26)/t22-/m1/s1. The number of amides is 1. The van der Waals surface area contributed by atoms with Crippen molar-refractivity contribution in [2.75, 3.05) is 5.32 Å². The predicted molar refractivity (Wildman–Crippen MR) is 115 cm³/mol. The lowest BCUT2D eigenvalue weighted by Gasteiger charge is -2.19. The van der Waals surface area contributed by atoms with Gasteiger partial charge in [-0.3, -0.25) is 4.79 Å². The van der Waals surface area contributed by atoms with Crippen LogP contribution >= 0.6 is 0 Å². The van der Waals surface area contributed by atoms with Crippen LogP contribution in [0.4, 0.5) is 5.69 Å². The van der Waals surface area contributed by atoms with Gasteiger partial charge in [-0.2, -0.15) is 0 Å². The lowest BCUT2D eigenvalue weighted by molar-refractivity contribution is -0.116. The smallest absolute Gasteiger partial charge is 0.241 e. The first kappa shape index (κ1) is 20.8. The zero-order chi connectivity index (χ0) is 20.9. The van der Waals surface area contributed by atoms with Gasteiger partial charge < -0.3 is 5.32 Å². The van der Waals surface area contributed by atoms with Crippen LogP contribution in [0.25, 0.3) is 0 Å². The number of aryl methyl sites for hydroxylation is 2. The summed E-state index contributed by atoms with van der Waals surface area (Å²) in [5, 5.41) is 2.83. The molecule has 0 heterocycles. The Labute approximate surface area is 171 Å². The van der Waals surface area contributed by atoms with Crippen LogP contribution in [0.2, 0.25) is 0 Å². The lowest BCUT2D eigenvalue weighted by atomic mass is 10.0. The fraction of sp³-hybridized carbons (Fsp3) is 0.174. The lowest BCUT2D eigenvalue weighted by Crippen LogP contribution is -2.31. The van der Waals surface area contributed by atoms with Crippen molar-refractivity contribution in [1.29, 1.82) is 0 Å². The van der Waals surface area contributed by atoms with Gasteiger partial charge in [0.2, 0.25) is 15.9 Å². The largest absolute Gasteiger partial charge is 0.326 e. The molecule has 0 aromatic heterocycles. The molecule has 0 saturated heterocycles. The van der Waals surface area contributed by atoms with Crippen LogP contribution < -0.4 is 10.0 Å². The van der Waals surface area contributed by atoms with Crippen molar-refractivity contribution in [3.8, 4) is 0 Å². The van der Waals surface area contributed by atoms with Crippen molar-refractivity contribution in [2.45, 2.75) is 31.2 Å². The summed E-state index contributed by atoms with van der Waals surface area (Å²) < 4.78 is 28.4. The van der Waals surface area contributed by atoms with Gasteiger partial charge in [0.1, 0.15) is 0 Å². The number of nitrogens with one attached hydrogen (secondary N) is 2. The number of carbonyl (C=O) groups excluding carboxylic acids is 1. The molecule has 3 rings (SSSR count). The molecule has 3 aromatic carbocycles. The van der Waals surface area contributed by atoms with Gasteiger partial charge in [0.15, 0.2) is 0 Å². The maximum absolute atomic E-state index is 12.9. The second-order valence-electron chi connectivity index (χ2n) is 7.02. The fourth-order valence-corrected chi connectivity index (χ4v) is 4.14. The van der Waals surface area contributed by atoms with E-state index in [1.165, 1.54) is 0 Å². The Kier molecular flexibility index (Phi) is 6.46. The van der Waals surface area contributed by atoms with Gasteiger partial charge in [0.05, 0.1) is 10.9 Å². The molecule has 3 aromatic rings. The van der Waals surface area contributed by atoms with Crippen molar-refractivity contribution < 1.29 is 13.2 Å². The number of hydrogen-bond donors (Lipinski definition) is 2. The minimum Gasteiger partial charge on any atom is -0.326 e. The summed E-state index contributed by atoms with van der Waals surface area (Å²) in [6.07, 6.45) is -0.0248. The molecule has 29 heavy (non-hydrogen) atoms. The highest BCUT2D eigenvalue weighted by Gasteiger charge is 2.23. The summed E-state index contributed by atoms with van der Waals surface area (Å²) in [7, 11) is -3.78. The van der Waals surface area contributed by atoms with Gasteiger partial charge in [0, 0.05) is 12.1 Å². The molecular weight excluding hydrogens is 384 g/mol. The Morgan fingerprint density at radius 2 is 1.38 bits per heavy atom. The predicted octanol–water partition coefficient (Wildman–Crippen LogP) is 4.35. The van der Waals surface area contributed by atoms with Crippen molar-refractivity contribution in [3.05, 3.63) is 95.6 Å². The van der Waals surface area contributed by atoms with E-state index < -0.39 is 16.1 Å². The van der Waals surface area contributed by atoms with E-state index in [-0.39, 0.29) is 17.2 Å². The fourth-order valence-electron chi connectivity index (χ4n) is 2.92. The third kappa shape index (κ3) is 5.76. The molecule has 0 unspecified atom stereocenters. The zero-order valence-corrected chi connectivity index (χ0v) is 17.2. The summed E-state index contributed by atoms with van der Waals surface area (Å²) in [5.74, 6) is -0.269. The van der Waals surface area contributed by atoms with E-state index in [9.17, 15) is 13.2 Å². The summed E-state index contributed by atoms with van der Waals surface area (Å²) in [5.41, 5.74) is 3.47.